The van der Waals surface area contributed by atoms with Crippen LogP contribution in [0, 0.1) is 0 Å². The van der Waals surface area contributed by atoms with Crippen LogP contribution in [0.5, 0.6) is 0 Å². The Kier molecular flexibility index (Phi) is 4.00. The van der Waals surface area contributed by atoms with Gasteiger partial charge in [-0.15, -0.1) is 0 Å². The van der Waals surface area contributed by atoms with Gasteiger partial charge in [-0.3, -0.25) is 9.59 Å². The van der Waals surface area contributed by atoms with Gasteiger partial charge in [0, 0.05) is 36.8 Å². The number of anilines is 1. The van der Waals surface area contributed by atoms with Gasteiger partial charge in [0.2, 0.25) is 5.76 Å². The van der Waals surface area contributed by atoms with E-state index in [-0.39, 0.29) is 23.8 Å². The molecule has 1 unspecified atom stereocenters. The number of aliphatic hydroxyl groups is 1. The number of nitrogens with one attached hydrogen (secondary N) is 2. The largest absolute Gasteiger partial charge is 0.391 e. The highest BCUT2D eigenvalue weighted by Crippen LogP contribution is 2.36. The van der Waals surface area contributed by atoms with Gasteiger partial charge >= 0.3 is 0 Å². The number of nitrogens with zero attached hydrogens (tertiary/aromatic N) is 3. The second kappa shape index (κ2) is 6.32. The maximum Gasteiger partial charge on any atom is 0.290 e. The molecule has 1 amide bonds. The van der Waals surface area contributed by atoms with Crippen molar-refractivity contribution in [3.05, 3.63) is 40.3 Å². The number of carbonyl (C=O) groups excluding carboxylic acids is 1. The lowest BCUT2D eigenvalue weighted by atomic mass is 9.78. The van der Waals surface area contributed by atoms with Crippen molar-refractivity contribution < 1.29 is 14.4 Å². The molecule has 1 aliphatic heterocycles. The van der Waals surface area contributed by atoms with E-state index in [2.05, 4.69) is 25.3 Å². The summed E-state index contributed by atoms with van der Waals surface area (Å²) in [6.45, 7) is 1.39. The lowest BCUT2D eigenvalue weighted by Gasteiger charge is -2.35. The summed E-state index contributed by atoms with van der Waals surface area (Å²) in [4.78, 5) is 33.6. The van der Waals surface area contributed by atoms with Gasteiger partial charge in [-0.1, -0.05) is 0 Å². The fraction of sp³-hybridized carbons (Fsp3) is 0.500. The van der Waals surface area contributed by atoms with Gasteiger partial charge in [0.1, 0.15) is 12.1 Å². The molecule has 25 heavy (non-hydrogen) atoms. The highest BCUT2D eigenvalue weighted by Gasteiger charge is 2.34. The van der Waals surface area contributed by atoms with Gasteiger partial charge in [0.05, 0.1) is 12.2 Å². The molecule has 1 saturated heterocycles. The van der Waals surface area contributed by atoms with Crippen molar-refractivity contribution in [1.82, 2.24) is 20.4 Å². The zero-order valence-corrected chi connectivity index (χ0v) is 13.5. The van der Waals surface area contributed by atoms with E-state index >= 15 is 0 Å². The molecule has 2 aliphatic rings. The SMILES string of the molecule is O=C(NC1CC(c2cc(N3CCC(O)C3)ncn2)C1)c1cc(=O)[nH]o1. The summed E-state index contributed by atoms with van der Waals surface area (Å²) in [5, 5.41) is 14.6. The van der Waals surface area contributed by atoms with E-state index in [4.69, 9.17) is 4.52 Å². The van der Waals surface area contributed by atoms with E-state index in [0.717, 1.165) is 43.4 Å². The highest BCUT2D eigenvalue weighted by atomic mass is 16.5. The van der Waals surface area contributed by atoms with Crippen molar-refractivity contribution in [3.63, 3.8) is 0 Å². The standard InChI is InChI=1S/C16H19N5O4/c22-11-1-2-21(7-11)14-5-12(17-8-18-14)9-3-10(4-9)19-16(24)13-6-15(23)20-25-13/h5-6,8-11,22H,1-4,7H2,(H,19,24)(H,20,23). The Balaban J connectivity index is 1.34. The lowest BCUT2D eigenvalue weighted by Crippen LogP contribution is -2.43. The Morgan fingerprint density at radius 1 is 1.36 bits per heavy atom. The molecule has 0 radical (unpaired) electrons. The van der Waals surface area contributed by atoms with Gasteiger partial charge in [-0.05, 0) is 19.3 Å². The fourth-order valence-electron chi connectivity index (χ4n) is 3.34. The van der Waals surface area contributed by atoms with Gasteiger partial charge < -0.3 is 19.8 Å². The van der Waals surface area contributed by atoms with Crippen molar-refractivity contribution in [2.75, 3.05) is 18.0 Å². The Morgan fingerprint density at radius 2 is 2.20 bits per heavy atom. The molecule has 9 heteroatoms. The topological polar surface area (TPSA) is 124 Å². The number of hydrogen-bond donors (Lipinski definition) is 3. The molecule has 0 aromatic carbocycles. The third kappa shape index (κ3) is 3.27. The number of aliphatic hydroxyl groups excluding tert-OH is 1. The molecule has 9 nitrogen and oxygen atoms in total. The summed E-state index contributed by atoms with van der Waals surface area (Å²) in [6, 6.07) is 3.13. The quantitative estimate of drug-likeness (QED) is 0.712. The first-order chi connectivity index (χ1) is 12.1. The number of β-amino-alcohol motifs (C(OH)–C–C–N with tert-alkyl or cyclic N) is 1. The predicted molar refractivity (Wildman–Crippen MR) is 87.4 cm³/mol. The lowest BCUT2D eigenvalue weighted by molar-refractivity contribution is 0.0870. The number of rotatable bonds is 4. The molecule has 3 N–H and O–H groups in total. The van der Waals surface area contributed by atoms with E-state index < -0.39 is 11.5 Å². The number of H-pyrrole nitrogens is 1. The van der Waals surface area contributed by atoms with Crippen molar-refractivity contribution in [2.24, 2.45) is 0 Å². The molecule has 1 saturated carbocycles. The fourth-order valence-corrected chi connectivity index (χ4v) is 3.34. The Labute approximate surface area is 143 Å². The Morgan fingerprint density at radius 3 is 2.88 bits per heavy atom. The third-order valence-electron chi connectivity index (χ3n) is 4.80. The Hall–Kier alpha value is -2.68. The summed E-state index contributed by atoms with van der Waals surface area (Å²) < 4.78 is 4.79. The van der Waals surface area contributed by atoms with Crippen molar-refractivity contribution in [1.29, 1.82) is 0 Å². The molecular weight excluding hydrogens is 326 g/mol. The van der Waals surface area contributed by atoms with Gasteiger partial charge in [-0.25, -0.2) is 9.97 Å². The van der Waals surface area contributed by atoms with Gasteiger partial charge in [0.25, 0.3) is 11.5 Å². The molecule has 2 fully saturated rings. The molecule has 132 valence electrons. The minimum Gasteiger partial charge on any atom is -0.391 e. The molecule has 2 aromatic rings. The van der Waals surface area contributed by atoms with Crippen LogP contribution in [-0.2, 0) is 0 Å². The molecule has 0 spiro atoms. The van der Waals surface area contributed by atoms with Crippen molar-refractivity contribution in [3.8, 4) is 0 Å². The average molecular weight is 345 g/mol. The van der Waals surface area contributed by atoms with E-state index in [1.807, 2.05) is 6.07 Å². The number of amides is 1. The Bertz CT molecular complexity index is 826. The zero-order chi connectivity index (χ0) is 17.4. The monoisotopic (exact) mass is 345 g/mol. The van der Waals surface area contributed by atoms with Crippen LogP contribution in [-0.4, -0.2) is 51.4 Å². The van der Waals surface area contributed by atoms with E-state index in [1.165, 1.54) is 0 Å². The summed E-state index contributed by atoms with van der Waals surface area (Å²) in [7, 11) is 0. The molecule has 4 rings (SSSR count). The molecule has 2 aromatic heterocycles. The minimum absolute atomic E-state index is 0.00892. The molecule has 1 aliphatic carbocycles. The van der Waals surface area contributed by atoms with Crippen LogP contribution in [0.3, 0.4) is 0 Å². The summed E-state index contributed by atoms with van der Waals surface area (Å²) in [5.41, 5.74) is 0.516. The zero-order valence-electron chi connectivity index (χ0n) is 13.5. The smallest absolute Gasteiger partial charge is 0.290 e. The predicted octanol–water partition coefficient (Wildman–Crippen LogP) is 0.00490. The van der Waals surface area contributed by atoms with Crippen LogP contribution in [0.1, 0.15) is 41.4 Å². The maximum absolute atomic E-state index is 11.9. The van der Waals surface area contributed by atoms with Crippen molar-refractivity contribution in [2.45, 2.75) is 37.3 Å². The average Bonchev–Trinajstić information content (AvgIpc) is 3.19. The maximum atomic E-state index is 11.9. The first-order valence-electron chi connectivity index (χ1n) is 8.33. The highest BCUT2D eigenvalue weighted by molar-refractivity contribution is 5.91. The second-order valence-electron chi connectivity index (χ2n) is 6.61. The van der Waals surface area contributed by atoms with E-state index in [0.29, 0.717) is 6.54 Å². The van der Waals surface area contributed by atoms with Crippen LogP contribution >= 0.6 is 0 Å². The number of carbonyl (C=O) groups is 1. The molecular formula is C16H19N5O4. The van der Waals surface area contributed by atoms with E-state index in [1.54, 1.807) is 6.33 Å². The van der Waals surface area contributed by atoms with Crippen LogP contribution in [0.2, 0.25) is 0 Å². The van der Waals surface area contributed by atoms with Crippen LogP contribution in [0.15, 0.2) is 27.8 Å². The number of aromatic amines is 1. The van der Waals surface area contributed by atoms with Gasteiger partial charge in [-0.2, -0.15) is 5.16 Å². The summed E-state index contributed by atoms with van der Waals surface area (Å²) >= 11 is 0. The molecule has 1 atom stereocenters. The minimum atomic E-state index is -0.433. The second-order valence-corrected chi connectivity index (χ2v) is 6.61. The summed E-state index contributed by atoms with van der Waals surface area (Å²) in [6.07, 6.45) is 3.57. The normalized spacial score (nSPS) is 25.6. The molecule has 0 bridgehead atoms. The molecule has 3 heterocycles. The first-order valence-corrected chi connectivity index (χ1v) is 8.33. The third-order valence-corrected chi connectivity index (χ3v) is 4.80. The van der Waals surface area contributed by atoms with E-state index in [9.17, 15) is 14.7 Å². The van der Waals surface area contributed by atoms with Crippen molar-refractivity contribution >= 4 is 11.7 Å². The first kappa shape index (κ1) is 15.8. The van der Waals surface area contributed by atoms with Crippen LogP contribution in [0.4, 0.5) is 5.82 Å². The summed E-state index contributed by atoms with van der Waals surface area (Å²) in [5.74, 6) is 0.697. The number of hydrogen-bond acceptors (Lipinski definition) is 7. The van der Waals surface area contributed by atoms with Gasteiger partial charge in [0.15, 0.2) is 0 Å². The number of aromatic nitrogens is 3. The van der Waals surface area contributed by atoms with Crippen LogP contribution < -0.4 is 15.8 Å². The van der Waals surface area contributed by atoms with Crippen LogP contribution in [0.25, 0.3) is 0 Å².